The second-order valence-electron chi connectivity index (χ2n) is 7.74. The Morgan fingerprint density at radius 3 is 2.03 bits per heavy atom. The monoisotopic (exact) mass is 425 g/mol. The summed E-state index contributed by atoms with van der Waals surface area (Å²) >= 11 is 0. The largest absolute Gasteiger partial charge is 0.459 e. The van der Waals surface area contributed by atoms with E-state index in [0.29, 0.717) is 17.5 Å². The number of amides is 1. The van der Waals surface area contributed by atoms with Crippen LogP contribution in [0.3, 0.4) is 0 Å². The van der Waals surface area contributed by atoms with Crippen molar-refractivity contribution in [2.24, 2.45) is 0 Å². The summed E-state index contributed by atoms with van der Waals surface area (Å²) in [6, 6.07) is 14.1. The maximum absolute atomic E-state index is 12.6. The molecule has 1 heterocycles. The summed E-state index contributed by atoms with van der Waals surface area (Å²) in [6.45, 7) is 5.52. The Labute approximate surface area is 181 Å². The standard InChI is InChI=1S/C24H27NO6/c1-15-4-8-18(9-5-15)23(27)29-14-22-21(12-20(30-22)13-25-17(3)26)31-24(28)19-10-6-16(2)7-11-19/h4-11,20-22H,12-14H2,1-3H3,(H,25,26)/t20-,21+,22-/m1/s1. The summed E-state index contributed by atoms with van der Waals surface area (Å²) in [4.78, 5) is 36.1. The molecule has 164 valence electrons. The van der Waals surface area contributed by atoms with Gasteiger partial charge in [0.2, 0.25) is 5.91 Å². The number of benzene rings is 2. The molecule has 1 amide bonds. The number of hydrogen-bond donors (Lipinski definition) is 1. The fourth-order valence-corrected chi connectivity index (χ4v) is 3.29. The lowest BCUT2D eigenvalue weighted by molar-refractivity contribution is -0.119. The van der Waals surface area contributed by atoms with Gasteiger partial charge in [0, 0.05) is 19.9 Å². The molecule has 0 aliphatic carbocycles. The molecule has 0 aromatic heterocycles. The second-order valence-corrected chi connectivity index (χ2v) is 7.74. The number of carbonyl (C=O) groups excluding carboxylic acids is 3. The predicted octanol–water partition coefficient (Wildman–Crippen LogP) is 2.98. The number of aryl methyl sites for hydroxylation is 2. The molecular weight excluding hydrogens is 398 g/mol. The van der Waals surface area contributed by atoms with Crippen LogP contribution in [0.4, 0.5) is 0 Å². The Hall–Kier alpha value is -3.19. The first-order chi connectivity index (χ1) is 14.8. The smallest absolute Gasteiger partial charge is 0.338 e. The van der Waals surface area contributed by atoms with Gasteiger partial charge in [-0.05, 0) is 38.1 Å². The highest BCUT2D eigenvalue weighted by Crippen LogP contribution is 2.25. The van der Waals surface area contributed by atoms with Gasteiger partial charge in [-0.2, -0.15) is 0 Å². The van der Waals surface area contributed by atoms with Crippen molar-refractivity contribution < 1.29 is 28.6 Å². The third-order valence-corrected chi connectivity index (χ3v) is 5.07. The van der Waals surface area contributed by atoms with E-state index in [-0.39, 0.29) is 25.2 Å². The van der Waals surface area contributed by atoms with E-state index in [2.05, 4.69) is 5.32 Å². The molecular formula is C24H27NO6. The van der Waals surface area contributed by atoms with E-state index in [1.165, 1.54) is 6.92 Å². The zero-order valence-electron chi connectivity index (χ0n) is 17.9. The van der Waals surface area contributed by atoms with Gasteiger partial charge >= 0.3 is 11.9 Å². The Balaban J connectivity index is 1.64. The van der Waals surface area contributed by atoms with Gasteiger partial charge in [-0.15, -0.1) is 0 Å². The average Bonchev–Trinajstić information content (AvgIpc) is 3.13. The number of rotatable bonds is 7. The SMILES string of the molecule is CC(=O)NC[C@H]1C[C@H](OC(=O)c2ccc(C)cc2)[C@@H](COC(=O)c2ccc(C)cc2)O1. The number of ether oxygens (including phenoxy) is 3. The van der Waals surface area contributed by atoms with Gasteiger partial charge in [0.15, 0.2) is 0 Å². The van der Waals surface area contributed by atoms with E-state index in [0.717, 1.165) is 11.1 Å². The highest BCUT2D eigenvalue weighted by molar-refractivity contribution is 5.90. The highest BCUT2D eigenvalue weighted by Gasteiger charge is 2.39. The first-order valence-electron chi connectivity index (χ1n) is 10.2. The van der Waals surface area contributed by atoms with E-state index in [4.69, 9.17) is 14.2 Å². The summed E-state index contributed by atoms with van der Waals surface area (Å²) in [7, 11) is 0. The van der Waals surface area contributed by atoms with Crippen LogP contribution in [-0.2, 0) is 19.0 Å². The van der Waals surface area contributed by atoms with Crippen LogP contribution in [0, 0.1) is 13.8 Å². The van der Waals surface area contributed by atoms with E-state index in [9.17, 15) is 14.4 Å². The number of carbonyl (C=O) groups is 3. The summed E-state index contributed by atoms with van der Waals surface area (Å²) in [6.07, 6.45) is -1.17. The van der Waals surface area contributed by atoms with Gasteiger partial charge in [-0.25, -0.2) is 9.59 Å². The fraction of sp³-hybridized carbons (Fsp3) is 0.375. The minimum Gasteiger partial charge on any atom is -0.459 e. The highest BCUT2D eigenvalue weighted by atomic mass is 16.6. The topological polar surface area (TPSA) is 90.9 Å². The molecule has 0 unspecified atom stereocenters. The van der Waals surface area contributed by atoms with Crippen molar-refractivity contribution in [3.8, 4) is 0 Å². The quantitative estimate of drug-likeness (QED) is 0.686. The molecule has 1 fully saturated rings. The van der Waals surface area contributed by atoms with Crippen molar-refractivity contribution in [2.75, 3.05) is 13.2 Å². The Kier molecular flexibility index (Phi) is 7.41. The molecule has 31 heavy (non-hydrogen) atoms. The van der Waals surface area contributed by atoms with Gasteiger partial charge in [-0.3, -0.25) is 4.79 Å². The molecule has 1 saturated heterocycles. The van der Waals surface area contributed by atoms with Crippen molar-refractivity contribution in [1.82, 2.24) is 5.32 Å². The van der Waals surface area contributed by atoms with Gasteiger partial charge in [0.05, 0.1) is 17.2 Å². The molecule has 1 aliphatic heterocycles. The van der Waals surface area contributed by atoms with Crippen molar-refractivity contribution in [2.45, 2.75) is 45.5 Å². The molecule has 1 N–H and O–H groups in total. The summed E-state index contributed by atoms with van der Waals surface area (Å²) in [5.41, 5.74) is 2.95. The molecule has 1 aliphatic rings. The van der Waals surface area contributed by atoms with Gasteiger partial charge < -0.3 is 19.5 Å². The molecule has 3 rings (SSSR count). The van der Waals surface area contributed by atoms with Crippen LogP contribution < -0.4 is 5.32 Å². The molecule has 7 nitrogen and oxygen atoms in total. The molecule has 2 aromatic carbocycles. The number of esters is 2. The third kappa shape index (κ3) is 6.39. The predicted molar refractivity (Wildman–Crippen MR) is 114 cm³/mol. The first-order valence-corrected chi connectivity index (χ1v) is 10.2. The molecule has 3 atom stereocenters. The van der Waals surface area contributed by atoms with Crippen molar-refractivity contribution in [3.63, 3.8) is 0 Å². The Morgan fingerprint density at radius 1 is 0.935 bits per heavy atom. The summed E-state index contributed by atoms with van der Waals surface area (Å²) in [5, 5.41) is 2.70. The fourth-order valence-electron chi connectivity index (χ4n) is 3.29. The lowest BCUT2D eigenvalue weighted by atomic mass is 10.1. The summed E-state index contributed by atoms with van der Waals surface area (Å²) < 4.78 is 17.0. The lowest BCUT2D eigenvalue weighted by Gasteiger charge is -2.19. The number of nitrogens with one attached hydrogen (secondary N) is 1. The Morgan fingerprint density at radius 2 is 1.48 bits per heavy atom. The van der Waals surface area contributed by atoms with Crippen LogP contribution in [0.2, 0.25) is 0 Å². The van der Waals surface area contributed by atoms with E-state index < -0.39 is 24.1 Å². The van der Waals surface area contributed by atoms with Gasteiger partial charge in [-0.1, -0.05) is 35.4 Å². The third-order valence-electron chi connectivity index (χ3n) is 5.07. The van der Waals surface area contributed by atoms with Crippen LogP contribution in [0.25, 0.3) is 0 Å². The van der Waals surface area contributed by atoms with Crippen LogP contribution in [0.5, 0.6) is 0 Å². The van der Waals surface area contributed by atoms with Crippen molar-refractivity contribution in [1.29, 1.82) is 0 Å². The summed E-state index contributed by atoms with van der Waals surface area (Å²) in [5.74, 6) is -1.12. The maximum Gasteiger partial charge on any atom is 0.338 e. The second kappa shape index (κ2) is 10.2. The molecule has 0 saturated carbocycles. The maximum atomic E-state index is 12.6. The van der Waals surface area contributed by atoms with Crippen LogP contribution >= 0.6 is 0 Å². The molecule has 7 heteroatoms. The van der Waals surface area contributed by atoms with Crippen LogP contribution in [0.15, 0.2) is 48.5 Å². The molecule has 2 aromatic rings. The number of hydrogen-bond acceptors (Lipinski definition) is 6. The zero-order chi connectivity index (χ0) is 22.4. The molecule has 0 radical (unpaired) electrons. The van der Waals surface area contributed by atoms with E-state index in [1.807, 2.05) is 38.1 Å². The van der Waals surface area contributed by atoms with E-state index in [1.54, 1.807) is 24.3 Å². The van der Waals surface area contributed by atoms with Crippen molar-refractivity contribution >= 4 is 17.8 Å². The minimum atomic E-state index is -0.623. The van der Waals surface area contributed by atoms with E-state index >= 15 is 0 Å². The zero-order valence-corrected chi connectivity index (χ0v) is 17.9. The van der Waals surface area contributed by atoms with Crippen LogP contribution in [0.1, 0.15) is 45.2 Å². The molecule has 0 spiro atoms. The van der Waals surface area contributed by atoms with Gasteiger partial charge in [0.1, 0.15) is 18.8 Å². The van der Waals surface area contributed by atoms with Crippen LogP contribution in [-0.4, -0.2) is 49.3 Å². The van der Waals surface area contributed by atoms with Gasteiger partial charge in [0.25, 0.3) is 0 Å². The molecule has 0 bridgehead atoms. The average molecular weight is 425 g/mol. The van der Waals surface area contributed by atoms with Crippen molar-refractivity contribution in [3.05, 3.63) is 70.8 Å². The Bertz CT molecular complexity index is 922. The lowest BCUT2D eigenvalue weighted by Crippen LogP contribution is -2.32. The normalized spacial score (nSPS) is 20.2. The first kappa shape index (κ1) is 22.5. The minimum absolute atomic E-state index is 0.0604.